The second-order valence-corrected chi connectivity index (χ2v) is 6.34. The molecule has 0 bridgehead atoms. The van der Waals surface area contributed by atoms with Crippen molar-refractivity contribution in [2.24, 2.45) is 0 Å². The Hall–Kier alpha value is -3.61. The van der Waals surface area contributed by atoms with Crippen molar-refractivity contribution in [1.82, 2.24) is 15.3 Å². The van der Waals surface area contributed by atoms with E-state index in [1.54, 1.807) is 7.11 Å². The third-order valence-electron chi connectivity index (χ3n) is 4.27. The second-order valence-electron chi connectivity index (χ2n) is 6.34. The highest BCUT2D eigenvalue weighted by Crippen LogP contribution is 2.17. The van der Waals surface area contributed by atoms with Crippen molar-refractivity contribution in [2.75, 3.05) is 25.6 Å². The number of carbonyl (C=O) groups excluding carboxylic acids is 1. The highest BCUT2D eigenvalue weighted by Gasteiger charge is 2.12. The molecule has 1 unspecified atom stereocenters. The second kappa shape index (κ2) is 10.1. The van der Waals surface area contributed by atoms with Gasteiger partial charge >= 0.3 is 0 Å². The van der Waals surface area contributed by atoms with Gasteiger partial charge in [-0.1, -0.05) is 30.3 Å². The largest absolute Gasteiger partial charge is 0.497 e. The molecule has 0 aliphatic heterocycles. The third kappa shape index (κ3) is 5.93. The van der Waals surface area contributed by atoms with Crippen LogP contribution in [0, 0.1) is 0 Å². The van der Waals surface area contributed by atoms with E-state index in [1.807, 2.05) is 61.5 Å². The predicted molar refractivity (Wildman–Crippen MR) is 111 cm³/mol. The minimum atomic E-state index is -0.261. The van der Waals surface area contributed by atoms with E-state index < -0.39 is 0 Å². The fraction of sp³-hybridized carbons (Fsp3) is 0.227. The van der Waals surface area contributed by atoms with Gasteiger partial charge in [0.05, 0.1) is 32.1 Å². The summed E-state index contributed by atoms with van der Waals surface area (Å²) in [6.45, 7) is 2.95. The highest BCUT2D eigenvalue weighted by atomic mass is 16.5. The van der Waals surface area contributed by atoms with E-state index >= 15 is 0 Å². The number of amides is 1. The van der Waals surface area contributed by atoms with Gasteiger partial charge in [-0.15, -0.1) is 0 Å². The van der Waals surface area contributed by atoms with E-state index in [9.17, 15) is 4.79 Å². The number of hydrogen-bond acceptors (Lipinski definition) is 6. The van der Waals surface area contributed by atoms with Crippen LogP contribution >= 0.6 is 0 Å². The predicted octanol–water partition coefficient (Wildman–Crippen LogP) is 3.47. The van der Waals surface area contributed by atoms with Crippen LogP contribution in [-0.4, -0.2) is 36.1 Å². The number of methoxy groups -OCH3 is 1. The standard InChI is InChI=1S/C22H24N4O3/c1-16(17-6-4-3-5-7-17)26-22(27)20-14-25-21(15-24-20)23-12-13-29-19-10-8-18(28-2)9-11-19/h3-11,14-16H,12-13H2,1-2H3,(H,23,25)(H,26,27). The average Bonchev–Trinajstić information content (AvgIpc) is 2.78. The van der Waals surface area contributed by atoms with Gasteiger partial charge in [0.25, 0.3) is 5.91 Å². The molecular formula is C22H24N4O3. The Kier molecular flexibility index (Phi) is 7.00. The molecule has 0 aliphatic carbocycles. The van der Waals surface area contributed by atoms with Crippen LogP contribution in [0.25, 0.3) is 0 Å². The molecule has 0 saturated heterocycles. The first-order chi connectivity index (χ1) is 14.2. The molecule has 3 aromatic rings. The number of hydrogen-bond donors (Lipinski definition) is 2. The van der Waals surface area contributed by atoms with Crippen molar-refractivity contribution < 1.29 is 14.3 Å². The van der Waals surface area contributed by atoms with Gasteiger partial charge in [-0.2, -0.15) is 0 Å². The molecule has 7 heteroatoms. The van der Waals surface area contributed by atoms with Gasteiger partial charge in [0.2, 0.25) is 0 Å². The van der Waals surface area contributed by atoms with E-state index in [0.717, 1.165) is 17.1 Å². The summed E-state index contributed by atoms with van der Waals surface area (Å²) in [5.74, 6) is 1.87. The summed E-state index contributed by atoms with van der Waals surface area (Å²) in [6, 6.07) is 17.0. The molecule has 29 heavy (non-hydrogen) atoms. The summed E-state index contributed by atoms with van der Waals surface area (Å²) in [4.78, 5) is 20.8. The van der Waals surface area contributed by atoms with Crippen molar-refractivity contribution in [3.05, 3.63) is 78.2 Å². The Balaban J connectivity index is 1.43. The van der Waals surface area contributed by atoms with Crippen LogP contribution in [0.3, 0.4) is 0 Å². The summed E-state index contributed by atoms with van der Waals surface area (Å²) in [6.07, 6.45) is 3.00. The minimum Gasteiger partial charge on any atom is -0.497 e. The molecule has 150 valence electrons. The average molecular weight is 392 g/mol. The van der Waals surface area contributed by atoms with Crippen LogP contribution in [0.5, 0.6) is 11.5 Å². The first kappa shape index (κ1) is 20.1. The monoisotopic (exact) mass is 392 g/mol. The van der Waals surface area contributed by atoms with Crippen LogP contribution in [0.2, 0.25) is 0 Å². The Bertz CT molecular complexity index is 900. The molecule has 2 N–H and O–H groups in total. The molecule has 0 spiro atoms. The summed E-state index contributed by atoms with van der Waals surface area (Å²) in [7, 11) is 1.62. The van der Waals surface area contributed by atoms with E-state index in [2.05, 4.69) is 20.6 Å². The summed E-state index contributed by atoms with van der Waals surface area (Å²) < 4.78 is 10.8. The topological polar surface area (TPSA) is 85.4 Å². The number of carbonyl (C=O) groups is 1. The van der Waals surface area contributed by atoms with Gasteiger partial charge in [0.15, 0.2) is 0 Å². The molecule has 0 saturated carbocycles. The van der Waals surface area contributed by atoms with Gasteiger partial charge < -0.3 is 20.1 Å². The number of nitrogens with one attached hydrogen (secondary N) is 2. The molecule has 0 aliphatic rings. The lowest BCUT2D eigenvalue weighted by molar-refractivity contribution is 0.0934. The normalized spacial score (nSPS) is 11.4. The van der Waals surface area contributed by atoms with Crippen LogP contribution in [0.4, 0.5) is 5.82 Å². The molecule has 1 amide bonds. The zero-order valence-corrected chi connectivity index (χ0v) is 16.5. The number of aromatic nitrogens is 2. The maximum Gasteiger partial charge on any atom is 0.271 e. The lowest BCUT2D eigenvalue weighted by Crippen LogP contribution is -2.27. The van der Waals surface area contributed by atoms with Crippen molar-refractivity contribution >= 4 is 11.7 Å². The van der Waals surface area contributed by atoms with Crippen molar-refractivity contribution in [1.29, 1.82) is 0 Å². The fourth-order valence-corrected chi connectivity index (χ4v) is 2.65. The SMILES string of the molecule is COc1ccc(OCCNc2cnc(C(=O)NC(C)c3ccccc3)cn2)cc1. The maximum absolute atomic E-state index is 12.3. The molecule has 0 radical (unpaired) electrons. The minimum absolute atomic E-state index is 0.113. The first-order valence-electron chi connectivity index (χ1n) is 9.34. The van der Waals surface area contributed by atoms with Crippen LogP contribution in [0.15, 0.2) is 67.0 Å². The smallest absolute Gasteiger partial charge is 0.271 e. The van der Waals surface area contributed by atoms with Gasteiger partial charge in [0.1, 0.15) is 29.6 Å². The van der Waals surface area contributed by atoms with Crippen molar-refractivity contribution in [2.45, 2.75) is 13.0 Å². The van der Waals surface area contributed by atoms with E-state index in [1.165, 1.54) is 12.4 Å². The quantitative estimate of drug-likeness (QED) is 0.543. The Morgan fingerprint density at radius 1 is 1.00 bits per heavy atom. The van der Waals surface area contributed by atoms with Crippen molar-refractivity contribution in [3.8, 4) is 11.5 Å². The Labute approximate surface area is 170 Å². The number of anilines is 1. The molecule has 1 atom stereocenters. The lowest BCUT2D eigenvalue weighted by atomic mass is 10.1. The number of benzene rings is 2. The Morgan fingerprint density at radius 2 is 1.72 bits per heavy atom. The molecule has 0 fully saturated rings. The molecule has 7 nitrogen and oxygen atoms in total. The molecule has 1 aromatic heterocycles. The molecule has 2 aromatic carbocycles. The van der Waals surface area contributed by atoms with Crippen LogP contribution in [0.1, 0.15) is 29.0 Å². The van der Waals surface area contributed by atoms with Gasteiger partial charge in [-0.05, 0) is 36.8 Å². The summed E-state index contributed by atoms with van der Waals surface area (Å²) in [5, 5.41) is 6.03. The van der Waals surface area contributed by atoms with E-state index in [4.69, 9.17) is 9.47 Å². The fourth-order valence-electron chi connectivity index (χ4n) is 2.65. The summed E-state index contributed by atoms with van der Waals surface area (Å²) in [5.41, 5.74) is 1.30. The van der Waals surface area contributed by atoms with Crippen molar-refractivity contribution in [3.63, 3.8) is 0 Å². The third-order valence-corrected chi connectivity index (χ3v) is 4.27. The van der Waals surface area contributed by atoms with Crippen LogP contribution < -0.4 is 20.1 Å². The molecule has 1 heterocycles. The number of ether oxygens (including phenoxy) is 2. The summed E-state index contributed by atoms with van der Waals surface area (Å²) >= 11 is 0. The molecule has 3 rings (SSSR count). The first-order valence-corrected chi connectivity index (χ1v) is 9.34. The maximum atomic E-state index is 12.3. The van der Waals surface area contributed by atoms with E-state index in [-0.39, 0.29) is 17.6 Å². The lowest BCUT2D eigenvalue weighted by Gasteiger charge is -2.14. The number of nitrogens with zero attached hydrogens (tertiary/aromatic N) is 2. The highest BCUT2D eigenvalue weighted by molar-refractivity contribution is 5.92. The molecular weight excluding hydrogens is 368 g/mol. The van der Waals surface area contributed by atoms with E-state index in [0.29, 0.717) is 19.0 Å². The van der Waals surface area contributed by atoms with Crippen LogP contribution in [-0.2, 0) is 0 Å². The number of rotatable bonds is 9. The van der Waals surface area contributed by atoms with Gasteiger partial charge in [-0.25, -0.2) is 9.97 Å². The zero-order valence-electron chi connectivity index (χ0n) is 16.5. The Morgan fingerprint density at radius 3 is 2.38 bits per heavy atom. The van der Waals surface area contributed by atoms with Gasteiger partial charge in [-0.3, -0.25) is 4.79 Å². The van der Waals surface area contributed by atoms with Gasteiger partial charge in [0, 0.05) is 0 Å². The zero-order chi connectivity index (χ0) is 20.5.